The maximum absolute atomic E-state index is 13.3. The Morgan fingerprint density at radius 3 is 2.40 bits per heavy atom. The summed E-state index contributed by atoms with van der Waals surface area (Å²) in [6, 6.07) is 24.9. The molecule has 3 aromatic carbocycles. The van der Waals surface area contributed by atoms with E-state index in [1.807, 2.05) is 55.5 Å². The zero-order chi connectivity index (χ0) is 21.3. The molecule has 0 aliphatic carbocycles. The van der Waals surface area contributed by atoms with Gasteiger partial charge in [0.15, 0.2) is 5.78 Å². The predicted molar refractivity (Wildman–Crippen MR) is 117 cm³/mol. The van der Waals surface area contributed by atoms with Crippen LogP contribution in [-0.2, 0) is 11.2 Å². The topological polar surface area (TPSA) is 63.6 Å². The minimum atomic E-state index is -0.903. The Morgan fingerprint density at radius 1 is 0.933 bits per heavy atom. The van der Waals surface area contributed by atoms with Gasteiger partial charge < -0.3 is 9.84 Å². The average molecular weight is 402 g/mol. The van der Waals surface area contributed by atoms with Gasteiger partial charge in [-0.2, -0.15) is 0 Å². The standard InChI is InChI=1S/C26H26O4/c1-19-8-5-6-13-23(19)24(14-15-25(27)28)26(29)21-11-7-12-22(18-21)30-17-16-20-9-3-2-4-10-20/h2-13,18,24H,14-17H2,1H3,(H,27,28). The third-order valence-electron chi connectivity index (χ3n) is 5.15. The molecule has 0 radical (unpaired) electrons. The van der Waals surface area contributed by atoms with Crippen LogP contribution >= 0.6 is 0 Å². The van der Waals surface area contributed by atoms with Crippen LogP contribution in [0.1, 0.15) is 45.8 Å². The van der Waals surface area contributed by atoms with Crippen molar-refractivity contribution in [3.05, 3.63) is 101 Å². The number of hydrogen-bond donors (Lipinski definition) is 1. The first-order valence-corrected chi connectivity index (χ1v) is 10.1. The molecule has 4 heteroatoms. The van der Waals surface area contributed by atoms with Crippen LogP contribution in [0.3, 0.4) is 0 Å². The number of aryl methyl sites for hydroxylation is 1. The van der Waals surface area contributed by atoms with Crippen LogP contribution in [-0.4, -0.2) is 23.5 Å². The average Bonchev–Trinajstić information content (AvgIpc) is 2.76. The van der Waals surface area contributed by atoms with Crippen molar-refractivity contribution in [2.75, 3.05) is 6.61 Å². The highest BCUT2D eigenvalue weighted by molar-refractivity contribution is 6.01. The summed E-state index contributed by atoms with van der Waals surface area (Å²) in [7, 11) is 0. The summed E-state index contributed by atoms with van der Waals surface area (Å²) >= 11 is 0. The molecule has 0 saturated carbocycles. The zero-order valence-electron chi connectivity index (χ0n) is 17.1. The van der Waals surface area contributed by atoms with Crippen LogP contribution in [0.25, 0.3) is 0 Å². The van der Waals surface area contributed by atoms with Crippen molar-refractivity contribution in [1.82, 2.24) is 0 Å². The number of rotatable bonds is 10. The molecular formula is C26H26O4. The largest absolute Gasteiger partial charge is 0.493 e. The number of Topliss-reactive ketones (excluding diaryl/α,β-unsaturated/α-hetero) is 1. The summed E-state index contributed by atoms with van der Waals surface area (Å²) in [5.41, 5.74) is 3.58. The summed E-state index contributed by atoms with van der Waals surface area (Å²) in [5.74, 6) is -0.848. The molecule has 1 N–H and O–H groups in total. The van der Waals surface area contributed by atoms with E-state index >= 15 is 0 Å². The first-order valence-electron chi connectivity index (χ1n) is 10.1. The molecule has 0 heterocycles. The smallest absolute Gasteiger partial charge is 0.303 e. The fourth-order valence-corrected chi connectivity index (χ4v) is 3.55. The molecule has 0 saturated heterocycles. The van der Waals surface area contributed by atoms with E-state index in [2.05, 4.69) is 12.1 Å². The van der Waals surface area contributed by atoms with Gasteiger partial charge in [0.05, 0.1) is 6.61 Å². The second kappa shape index (κ2) is 10.4. The normalized spacial score (nSPS) is 11.6. The fraction of sp³-hybridized carbons (Fsp3) is 0.231. The summed E-state index contributed by atoms with van der Waals surface area (Å²) in [6.07, 6.45) is 0.986. The van der Waals surface area contributed by atoms with Crippen molar-refractivity contribution in [2.45, 2.75) is 32.1 Å². The number of ketones is 1. The Bertz CT molecular complexity index is 995. The van der Waals surface area contributed by atoms with Gasteiger partial charge in [-0.05, 0) is 42.2 Å². The molecule has 154 valence electrons. The van der Waals surface area contributed by atoms with E-state index in [1.165, 1.54) is 5.56 Å². The van der Waals surface area contributed by atoms with Crippen molar-refractivity contribution >= 4 is 11.8 Å². The van der Waals surface area contributed by atoms with E-state index in [0.717, 1.165) is 17.5 Å². The van der Waals surface area contributed by atoms with E-state index in [-0.39, 0.29) is 18.6 Å². The Labute approximate surface area is 177 Å². The number of carbonyl (C=O) groups excluding carboxylic acids is 1. The zero-order valence-corrected chi connectivity index (χ0v) is 17.1. The molecule has 0 spiro atoms. The summed E-state index contributed by atoms with van der Waals surface area (Å²) in [5, 5.41) is 9.13. The quantitative estimate of drug-likeness (QED) is 0.458. The maximum Gasteiger partial charge on any atom is 0.303 e. The molecule has 30 heavy (non-hydrogen) atoms. The van der Waals surface area contributed by atoms with Gasteiger partial charge in [-0.25, -0.2) is 0 Å². The Kier molecular flexibility index (Phi) is 7.39. The van der Waals surface area contributed by atoms with Gasteiger partial charge in [0.2, 0.25) is 0 Å². The molecule has 4 nitrogen and oxygen atoms in total. The second-order valence-corrected chi connectivity index (χ2v) is 7.32. The summed E-state index contributed by atoms with van der Waals surface area (Å²) in [6.45, 7) is 2.46. The molecule has 0 aromatic heterocycles. The van der Waals surface area contributed by atoms with Gasteiger partial charge in [-0.1, -0.05) is 66.7 Å². The third-order valence-corrected chi connectivity index (χ3v) is 5.15. The fourth-order valence-electron chi connectivity index (χ4n) is 3.55. The van der Waals surface area contributed by atoms with E-state index in [1.54, 1.807) is 18.2 Å². The van der Waals surface area contributed by atoms with Gasteiger partial charge in [0.25, 0.3) is 0 Å². The van der Waals surface area contributed by atoms with Crippen molar-refractivity contribution < 1.29 is 19.4 Å². The molecule has 3 rings (SSSR count). The van der Waals surface area contributed by atoms with E-state index in [9.17, 15) is 9.59 Å². The Morgan fingerprint density at radius 2 is 1.67 bits per heavy atom. The summed E-state index contributed by atoms with van der Waals surface area (Å²) < 4.78 is 5.86. The molecule has 0 bridgehead atoms. The van der Waals surface area contributed by atoms with Crippen LogP contribution in [0.4, 0.5) is 0 Å². The molecular weight excluding hydrogens is 376 g/mol. The molecule has 0 amide bonds. The molecule has 0 aliphatic heterocycles. The lowest BCUT2D eigenvalue weighted by Gasteiger charge is -2.18. The van der Waals surface area contributed by atoms with Gasteiger partial charge in [0, 0.05) is 24.3 Å². The molecule has 1 unspecified atom stereocenters. The number of hydrogen-bond acceptors (Lipinski definition) is 3. The van der Waals surface area contributed by atoms with Crippen LogP contribution in [0.15, 0.2) is 78.9 Å². The number of carboxylic acids is 1. The van der Waals surface area contributed by atoms with Crippen LogP contribution in [0.2, 0.25) is 0 Å². The first kappa shape index (κ1) is 21.3. The molecule has 3 aromatic rings. The second-order valence-electron chi connectivity index (χ2n) is 7.32. The van der Waals surface area contributed by atoms with Crippen molar-refractivity contribution in [3.8, 4) is 5.75 Å². The van der Waals surface area contributed by atoms with Gasteiger partial charge in [-0.15, -0.1) is 0 Å². The molecule has 1 atom stereocenters. The van der Waals surface area contributed by atoms with Gasteiger partial charge >= 0.3 is 5.97 Å². The lowest BCUT2D eigenvalue weighted by molar-refractivity contribution is -0.137. The predicted octanol–water partition coefficient (Wildman–Crippen LogP) is 5.45. The first-order chi connectivity index (χ1) is 14.5. The monoisotopic (exact) mass is 402 g/mol. The van der Waals surface area contributed by atoms with Crippen LogP contribution < -0.4 is 4.74 Å². The number of ether oxygens (including phenoxy) is 1. The van der Waals surface area contributed by atoms with Crippen LogP contribution in [0.5, 0.6) is 5.75 Å². The van der Waals surface area contributed by atoms with Gasteiger partial charge in [0.1, 0.15) is 5.75 Å². The number of benzene rings is 3. The minimum absolute atomic E-state index is 0.0575. The van der Waals surface area contributed by atoms with Crippen molar-refractivity contribution in [1.29, 1.82) is 0 Å². The number of carbonyl (C=O) groups is 2. The van der Waals surface area contributed by atoms with E-state index < -0.39 is 11.9 Å². The molecule has 0 fully saturated rings. The maximum atomic E-state index is 13.3. The highest BCUT2D eigenvalue weighted by Crippen LogP contribution is 2.29. The lowest BCUT2D eigenvalue weighted by atomic mass is 9.85. The Balaban J connectivity index is 1.75. The molecule has 0 aliphatic rings. The highest BCUT2D eigenvalue weighted by Gasteiger charge is 2.24. The lowest BCUT2D eigenvalue weighted by Crippen LogP contribution is -2.16. The SMILES string of the molecule is Cc1ccccc1C(CCC(=O)O)C(=O)c1cccc(OCCc2ccccc2)c1. The Hall–Kier alpha value is -3.40. The van der Waals surface area contributed by atoms with Crippen LogP contribution in [0, 0.1) is 6.92 Å². The van der Waals surface area contributed by atoms with Gasteiger partial charge in [-0.3, -0.25) is 9.59 Å². The van der Waals surface area contributed by atoms with E-state index in [4.69, 9.17) is 9.84 Å². The van der Waals surface area contributed by atoms with E-state index in [0.29, 0.717) is 17.9 Å². The summed E-state index contributed by atoms with van der Waals surface area (Å²) in [4.78, 5) is 24.4. The highest BCUT2D eigenvalue weighted by atomic mass is 16.5. The minimum Gasteiger partial charge on any atom is -0.493 e. The van der Waals surface area contributed by atoms with Crippen molar-refractivity contribution in [3.63, 3.8) is 0 Å². The third kappa shape index (κ3) is 5.80. The number of carboxylic acid groups (broad SMARTS) is 1. The number of aliphatic carboxylic acids is 1. The van der Waals surface area contributed by atoms with Crippen molar-refractivity contribution in [2.24, 2.45) is 0 Å².